The van der Waals surface area contributed by atoms with Gasteiger partial charge in [0.05, 0.1) is 23.2 Å². The van der Waals surface area contributed by atoms with Crippen molar-refractivity contribution in [3.8, 4) is 0 Å². The molecule has 1 amide bonds. The zero-order valence-corrected chi connectivity index (χ0v) is 11.2. The third-order valence-electron chi connectivity index (χ3n) is 2.72. The van der Waals surface area contributed by atoms with Crippen LogP contribution in [-0.4, -0.2) is 44.7 Å². The van der Waals surface area contributed by atoms with Gasteiger partial charge in [-0.3, -0.25) is 9.59 Å². The highest BCUT2D eigenvalue weighted by Crippen LogP contribution is 2.26. The van der Waals surface area contributed by atoms with Gasteiger partial charge in [0.25, 0.3) is 11.5 Å². The molecule has 0 spiro atoms. The van der Waals surface area contributed by atoms with Gasteiger partial charge in [0, 0.05) is 0 Å². The van der Waals surface area contributed by atoms with E-state index in [0.29, 0.717) is 15.8 Å². The number of aromatic amines is 1. The van der Waals surface area contributed by atoms with Crippen LogP contribution in [0.15, 0.2) is 11.1 Å². The van der Waals surface area contributed by atoms with Gasteiger partial charge in [-0.2, -0.15) is 0 Å². The minimum absolute atomic E-state index is 0.198. The van der Waals surface area contributed by atoms with Gasteiger partial charge in [0.1, 0.15) is 4.83 Å². The van der Waals surface area contributed by atoms with E-state index < -0.39 is 24.5 Å². The molecular weight excluding hydrogens is 286 g/mol. The largest absolute Gasteiger partial charge is 0.480 e. The third-order valence-corrected chi connectivity index (χ3v) is 3.92. The van der Waals surface area contributed by atoms with Crippen molar-refractivity contribution in [3.05, 3.63) is 27.1 Å². The van der Waals surface area contributed by atoms with Gasteiger partial charge in [-0.1, -0.05) is 0 Å². The maximum Gasteiger partial charge on any atom is 0.328 e. The summed E-state index contributed by atoms with van der Waals surface area (Å²) < 4.78 is 0. The van der Waals surface area contributed by atoms with Crippen molar-refractivity contribution in [3.63, 3.8) is 0 Å². The average molecular weight is 297 g/mol. The van der Waals surface area contributed by atoms with E-state index in [2.05, 4.69) is 15.3 Å². The highest BCUT2D eigenvalue weighted by Gasteiger charge is 2.23. The predicted molar refractivity (Wildman–Crippen MR) is 71.0 cm³/mol. The van der Waals surface area contributed by atoms with E-state index in [-0.39, 0.29) is 10.4 Å². The monoisotopic (exact) mass is 297 g/mol. The van der Waals surface area contributed by atoms with Gasteiger partial charge >= 0.3 is 5.97 Å². The summed E-state index contributed by atoms with van der Waals surface area (Å²) in [5.41, 5.74) is 0.0682. The summed E-state index contributed by atoms with van der Waals surface area (Å²) in [6.07, 6.45) is 1.23. The highest BCUT2D eigenvalue weighted by atomic mass is 32.1. The van der Waals surface area contributed by atoms with Crippen LogP contribution in [0.2, 0.25) is 0 Å². The van der Waals surface area contributed by atoms with Crippen LogP contribution in [0.1, 0.15) is 15.2 Å². The fraction of sp³-hybridized carbons (Fsp3) is 0.273. The standard InChI is InChI=1S/C11H11N3O5S/c1-4-6-8(16)12-3-13-10(6)20-7(4)9(17)14-5(2-15)11(18)19/h3,5,15H,2H2,1H3,(H,14,17)(H,18,19)(H,12,13,16). The maximum atomic E-state index is 12.0. The molecule has 9 heteroatoms. The smallest absolute Gasteiger partial charge is 0.328 e. The Morgan fingerprint density at radius 1 is 1.55 bits per heavy atom. The molecule has 0 aliphatic carbocycles. The Kier molecular flexibility index (Phi) is 3.81. The Morgan fingerprint density at radius 3 is 2.80 bits per heavy atom. The summed E-state index contributed by atoms with van der Waals surface area (Å²) >= 11 is 0.993. The van der Waals surface area contributed by atoms with E-state index >= 15 is 0 Å². The van der Waals surface area contributed by atoms with Crippen molar-refractivity contribution in [2.45, 2.75) is 13.0 Å². The molecule has 2 aromatic heterocycles. The Hall–Kier alpha value is -2.26. The zero-order chi connectivity index (χ0) is 14.9. The van der Waals surface area contributed by atoms with E-state index in [1.807, 2.05) is 0 Å². The lowest BCUT2D eigenvalue weighted by atomic mass is 10.2. The lowest BCUT2D eigenvalue weighted by Gasteiger charge is -2.10. The maximum absolute atomic E-state index is 12.0. The number of aryl methyl sites for hydroxylation is 1. The molecule has 2 aromatic rings. The molecule has 0 aliphatic rings. The molecule has 0 saturated heterocycles. The molecular formula is C11H11N3O5S. The number of carbonyl (C=O) groups excluding carboxylic acids is 1. The van der Waals surface area contributed by atoms with Crippen LogP contribution in [-0.2, 0) is 4.79 Å². The summed E-state index contributed by atoms with van der Waals surface area (Å²) in [7, 11) is 0. The minimum atomic E-state index is -1.39. The van der Waals surface area contributed by atoms with Crippen LogP contribution < -0.4 is 10.9 Å². The van der Waals surface area contributed by atoms with Gasteiger partial charge in [-0.15, -0.1) is 11.3 Å². The Balaban J connectivity index is 2.41. The predicted octanol–water partition coefficient (Wildman–Crippen LogP) is -0.532. The first-order chi connectivity index (χ1) is 9.45. The van der Waals surface area contributed by atoms with E-state index in [9.17, 15) is 14.4 Å². The van der Waals surface area contributed by atoms with E-state index in [1.54, 1.807) is 6.92 Å². The molecule has 1 atom stereocenters. The Labute approximate surface area is 116 Å². The number of amides is 1. The summed E-state index contributed by atoms with van der Waals surface area (Å²) in [4.78, 5) is 41.4. The van der Waals surface area contributed by atoms with Crippen LogP contribution >= 0.6 is 11.3 Å². The molecule has 0 saturated carbocycles. The molecule has 0 aliphatic heterocycles. The summed E-state index contributed by atoms with van der Waals surface area (Å²) in [6.45, 7) is 0.864. The Morgan fingerprint density at radius 2 is 2.25 bits per heavy atom. The lowest BCUT2D eigenvalue weighted by molar-refractivity contribution is -0.140. The number of carboxylic acid groups (broad SMARTS) is 1. The number of carbonyl (C=O) groups is 2. The number of nitrogens with zero attached hydrogens (tertiary/aromatic N) is 1. The molecule has 0 radical (unpaired) electrons. The molecule has 0 bridgehead atoms. The first kappa shape index (κ1) is 14.2. The van der Waals surface area contributed by atoms with Crippen molar-refractivity contribution in [1.29, 1.82) is 0 Å². The number of aliphatic hydroxyl groups is 1. The number of fused-ring (bicyclic) bond motifs is 1. The van der Waals surface area contributed by atoms with Crippen LogP contribution in [0.25, 0.3) is 10.2 Å². The number of carboxylic acids is 1. The second kappa shape index (κ2) is 5.39. The number of hydrogen-bond donors (Lipinski definition) is 4. The topological polar surface area (TPSA) is 132 Å². The number of aliphatic hydroxyl groups excluding tert-OH is 1. The number of aromatic nitrogens is 2. The molecule has 20 heavy (non-hydrogen) atoms. The van der Waals surface area contributed by atoms with E-state index in [1.165, 1.54) is 6.33 Å². The van der Waals surface area contributed by atoms with Crippen molar-refractivity contribution in [1.82, 2.24) is 15.3 Å². The Bertz CT molecular complexity index is 735. The number of rotatable bonds is 4. The number of thiophene rings is 1. The van der Waals surface area contributed by atoms with Crippen LogP contribution in [0, 0.1) is 6.92 Å². The molecule has 2 heterocycles. The molecule has 106 valence electrons. The fourth-order valence-electron chi connectivity index (χ4n) is 1.70. The number of aliphatic carboxylic acids is 1. The molecule has 4 N–H and O–H groups in total. The van der Waals surface area contributed by atoms with E-state index in [4.69, 9.17) is 10.2 Å². The lowest BCUT2D eigenvalue weighted by Crippen LogP contribution is -2.43. The average Bonchev–Trinajstić information content (AvgIpc) is 2.74. The zero-order valence-electron chi connectivity index (χ0n) is 10.3. The van der Waals surface area contributed by atoms with Crippen molar-refractivity contribution in [2.75, 3.05) is 6.61 Å². The number of hydrogen-bond acceptors (Lipinski definition) is 6. The van der Waals surface area contributed by atoms with Crippen molar-refractivity contribution < 1.29 is 19.8 Å². The molecule has 2 rings (SSSR count). The first-order valence-corrected chi connectivity index (χ1v) is 6.38. The normalized spacial score (nSPS) is 12.3. The SMILES string of the molecule is Cc1c(C(=O)NC(CO)C(=O)O)sc2nc[nH]c(=O)c12. The van der Waals surface area contributed by atoms with Crippen molar-refractivity contribution >= 4 is 33.4 Å². The van der Waals surface area contributed by atoms with Crippen molar-refractivity contribution in [2.24, 2.45) is 0 Å². The molecule has 8 nitrogen and oxygen atoms in total. The van der Waals surface area contributed by atoms with Gasteiger partial charge in [-0.25, -0.2) is 9.78 Å². The minimum Gasteiger partial charge on any atom is -0.480 e. The quantitative estimate of drug-likeness (QED) is 0.599. The van der Waals surface area contributed by atoms with Gasteiger partial charge < -0.3 is 20.5 Å². The van der Waals surface area contributed by atoms with Crippen LogP contribution in [0.4, 0.5) is 0 Å². The summed E-state index contributed by atoms with van der Waals surface area (Å²) in [5, 5.41) is 20.2. The van der Waals surface area contributed by atoms with Gasteiger partial charge in [0.15, 0.2) is 6.04 Å². The fourth-order valence-corrected chi connectivity index (χ4v) is 2.76. The van der Waals surface area contributed by atoms with E-state index in [0.717, 1.165) is 11.3 Å². The number of H-pyrrole nitrogens is 1. The van der Waals surface area contributed by atoms with Gasteiger partial charge in [0.2, 0.25) is 0 Å². The molecule has 1 unspecified atom stereocenters. The van der Waals surface area contributed by atoms with Gasteiger partial charge in [-0.05, 0) is 12.5 Å². The van der Waals surface area contributed by atoms with Crippen LogP contribution in [0.3, 0.4) is 0 Å². The molecule has 0 aromatic carbocycles. The highest BCUT2D eigenvalue weighted by molar-refractivity contribution is 7.20. The second-order valence-corrected chi connectivity index (χ2v) is 5.01. The summed E-state index contributed by atoms with van der Waals surface area (Å²) in [6, 6.07) is -1.39. The van der Waals surface area contributed by atoms with Crippen LogP contribution in [0.5, 0.6) is 0 Å². The first-order valence-electron chi connectivity index (χ1n) is 5.57. The third kappa shape index (κ3) is 2.40. The molecule has 0 fully saturated rings. The summed E-state index contributed by atoms with van der Waals surface area (Å²) in [5.74, 6) is -2.00. The second-order valence-electron chi connectivity index (χ2n) is 4.01. The number of nitrogens with one attached hydrogen (secondary N) is 2.